The number of halogens is 2. The van der Waals surface area contributed by atoms with Crippen LogP contribution in [0.5, 0.6) is 17.2 Å². The van der Waals surface area contributed by atoms with E-state index in [-0.39, 0.29) is 41.8 Å². The molecule has 0 saturated heterocycles. The van der Waals surface area contributed by atoms with Crippen molar-refractivity contribution in [2.75, 3.05) is 27.4 Å². The van der Waals surface area contributed by atoms with Gasteiger partial charge in [-0.1, -0.05) is 36.2 Å². The van der Waals surface area contributed by atoms with Crippen LogP contribution in [0, 0.1) is 0 Å². The molecule has 0 radical (unpaired) electrons. The van der Waals surface area contributed by atoms with Gasteiger partial charge in [-0.05, 0) is 36.2 Å². The van der Waals surface area contributed by atoms with Crippen molar-refractivity contribution < 1.29 is 23.8 Å². The molecule has 0 aliphatic heterocycles. The smallest absolute Gasteiger partial charge is 0.257 e. The fraction of sp³-hybridized carbons (Fsp3) is 0.333. The van der Waals surface area contributed by atoms with Crippen molar-refractivity contribution in [2.45, 2.75) is 19.8 Å². The summed E-state index contributed by atoms with van der Waals surface area (Å²) in [5, 5.41) is 3.51. The summed E-state index contributed by atoms with van der Waals surface area (Å²) in [5.74, 6) is 0.150. The highest BCUT2D eigenvalue weighted by molar-refractivity contribution is 6.36. The highest BCUT2D eigenvalue weighted by Crippen LogP contribution is 2.41. The normalized spacial score (nSPS) is 10.4. The number of hydrogen-bond donors (Lipinski definition) is 1. The first-order valence-corrected chi connectivity index (χ1v) is 9.79. The van der Waals surface area contributed by atoms with Gasteiger partial charge < -0.3 is 19.5 Å². The van der Waals surface area contributed by atoms with Crippen molar-refractivity contribution in [2.24, 2.45) is 0 Å². The molecule has 0 unspecified atom stereocenters. The van der Waals surface area contributed by atoms with Crippen molar-refractivity contribution in [3.8, 4) is 17.2 Å². The molecule has 29 heavy (non-hydrogen) atoms. The summed E-state index contributed by atoms with van der Waals surface area (Å²) in [6.07, 6.45) is 0.767. The van der Waals surface area contributed by atoms with Crippen molar-refractivity contribution in [1.29, 1.82) is 0 Å². The van der Waals surface area contributed by atoms with Gasteiger partial charge in [0.05, 0.1) is 19.8 Å². The van der Waals surface area contributed by atoms with Gasteiger partial charge in [0.15, 0.2) is 23.9 Å². The molecule has 0 fully saturated rings. The molecule has 0 aromatic heterocycles. The lowest BCUT2D eigenvalue weighted by atomic mass is 10.0. The molecule has 2 aromatic rings. The van der Waals surface area contributed by atoms with Crippen LogP contribution in [0.2, 0.25) is 10.0 Å². The zero-order valence-corrected chi connectivity index (χ0v) is 18.0. The molecule has 0 spiro atoms. The van der Waals surface area contributed by atoms with Crippen molar-refractivity contribution in [1.82, 2.24) is 5.32 Å². The predicted octanol–water partition coefficient (Wildman–Crippen LogP) is 4.34. The lowest BCUT2D eigenvalue weighted by molar-refractivity contribution is -0.123. The first-order valence-electron chi connectivity index (χ1n) is 9.03. The van der Waals surface area contributed by atoms with Crippen LogP contribution in [-0.4, -0.2) is 39.1 Å². The van der Waals surface area contributed by atoms with Crippen LogP contribution in [0.1, 0.15) is 29.3 Å². The van der Waals surface area contributed by atoms with Crippen molar-refractivity contribution >= 4 is 34.9 Å². The third-order valence-electron chi connectivity index (χ3n) is 4.12. The summed E-state index contributed by atoms with van der Waals surface area (Å²) in [4.78, 5) is 25.0. The van der Waals surface area contributed by atoms with Gasteiger partial charge in [-0.25, -0.2) is 0 Å². The molecule has 0 heterocycles. The molecule has 0 aliphatic carbocycles. The Hall–Kier alpha value is -2.44. The van der Waals surface area contributed by atoms with Gasteiger partial charge in [-0.3, -0.25) is 9.59 Å². The van der Waals surface area contributed by atoms with Crippen molar-refractivity contribution in [3.05, 3.63) is 51.5 Å². The third kappa shape index (κ3) is 5.78. The number of benzene rings is 2. The van der Waals surface area contributed by atoms with Gasteiger partial charge in [0.25, 0.3) is 5.91 Å². The second-order valence-corrected chi connectivity index (χ2v) is 6.93. The second-order valence-electron chi connectivity index (χ2n) is 6.12. The Bertz CT molecular complexity index is 865. The Balaban J connectivity index is 2.36. The van der Waals surface area contributed by atoms with Crippen LogP contribution in [0.4, 0.5) is 0 Å². The topological polar surface area (TPSA) is 73.9 Å². The molecular formula is C21H23Cl2NO5. The number of methoxy groups -OCH3 is 2. The fourth-order valence-electron chi connectivity index (χ4n) is 2.67. The lowest BCUT2D eigenvalue weighted by Crippen LogP contribution is -2.29. The summed E-state index contributed by atoms with van der Waals surface area (Å²) in [5.41, 5.74) is 0.754. The minimum Gasteiger partial charge on any atom is -0.493 e. The van der Waals surface area contributed by atoms with Crippen LogP contribution in [0.15, 0.2) is 30.3 Å². The molecule has 2 aromatic carbocycles. The minimum absolute atomic E-state index is 0.0353. The Morgan fingerprint density at radius 3 is 2.28 bits per heavy atom. The van der Waals surface area contributed by atoms with Gasteiger partial charge in [0.1, 0.15) is 0 Å². The summed E-state index contributed by atoms with van der Waals surface area (Å²) >= 11 is 12.4. The van der Waals surface area contributed by atoms with E-state index in [1.54, 1.807) is 30.3 Å². The molecule has 1 N–H and O–H groups in total. The number of ketones is 1. The van der Waals surface area contributed by atoms with E-state index >= 15 is 0 Å². The number of Topliss-reactive ketones (excluding diaryl/α,β-unsaturated/α-hetero) is 1. The molecule has 1 amide bonds. The molecule has 0 atom stereocenters. The number of hydrogen-bond acceptors (Lipinski definition) is 5. The number of carbonyl (C=O) groups is 2. The Morgan fingerprint density at radius 2 is 1.69 bits per heavy atom. The summed E-state index contributed by atoms with van der Waals surface area (Å²) in [7, 11) is 2.90. The highest BCUT2D eigenvalue weighted by atomic mass is 35.5. The highest BCUT2D eigenvalue weighted by Gasteiger charge is 2.23. The van der Waals surface area contributed by atoms with Crippen LogP contribution in [0.3, 0.4) is 0 Å². The van der Waals surface area contributed by atoms with Gasteiger partial charge in [-0.15, -0.1) is 0 Å². The number of ether oxygens (including phenoxy) is 3. The maximum absolute atomic E-state index is 13.0. The molecule has 0 saturated carbocycles. The van der Waals surface area contributed by atoms with E-state index in [0.29, 0.717) is 27.9 Å². The van der Waals surface area contributed by atoms with Gasteiger partial charge >= 0.3 is 0 Å². The van der Waals surface area contributed by atoms with Crippen LogP contribution >= 0.6 is 23.2 Å². The average molecular weight is 440 g/mol. The van der Waals surface area contributed by atoms with E-state index in [0.717, 1.165) is 6.42 Å². The summed E-state index contributed by atoms with van der Waals surface area (Å²) in [6.45, 7) is 2.22. The quantitative estimate of drug-likeness (QED) is 0.557. The Labute approximate surface area is 180 Å². The number of amides is 1. The number of nitrogens with one attached hydrogen (secondary N) is 1. The standard InChI is InChI=1S/C21H23Cl2NO5/c1-4-10-24-19(26)12-29-20-13(8-9-18(27-2)21(20)28-3)17(25)11-14-15(22)6-5-7-16(14)23/h5-9H,4,10-12H2,1-3H3,(H,24,26). The molecule has 156 valence electrons. The van der Waals surface area contributed by atoms with E-state index in [1.807, 2.05) is 6.92 Å². The lowest BCUT2D eigenvalue weighted by Gasteiger charge is -2.17. The first-order chi connectivity index (χ1) is 13.9. The van der Waals surface area contributed by atoms with Gasteiger partial charge in [-0.2, -0.15) is 0 Å². The largest absolute Gasteiger partial charge is 0.493 e. The van der Waals surface area contributed by atoms with E-state index in [2.05, 4.69) is 5.32 Å². The second kappa shape index (κ2) is 10.9. The molecule has 6 nitrogen and oxygen atoms in total. The minimum atomic E-state index is -0.302. The zero-order chi connectivity index (χ0) is 21.4. The molecule has 0 bridgehead atoms. The maximum atomic E-state index is 13.0. The molecule has 0 aliphatic rings. The zero-order valence-electron chi connectivity index (χ0n) is 16.5. The fourth-order valence-corrected chi connectivity index (χ4v) is 3.20. The first kappa shape index (κ1) is 22.8. The molecular weight excluding hydrogens is 417 g/mol. The van der Waals surface area contributed by atoms with E-state index in [9.17, 15) is 9.59 Å². The van der Waals surface area contributed by atoms with E-state index < -0.39 is 0 Å². The molecule has 2 rings (SSSR count). The van der Waals surface area contributed by atoms with Crippen LogP contribution < -0.4 is 19.5 Å². The van der Waals surface area contributed by atoms with Gasteiger partial charge in [0.2, 0.25) is 5.75 Å². The average Bonchev–Trinajstić information content (AvgIpc) is 2.72. The third-order valence-corrected chi connectivity index (χ3v) is 4.83. The predicted molar refractivity (Wildman–Crippen MR) is 113 cm³/mol. The summed E-state index contributed by atoms with van der Waals surface area (Å²) in [6, 6.07) is 8.21. The van der Waals surface area contributed by atoms with Crippen molar-refractivity contribution in [3.63, 3.8) is 0 Å². The van der Waals surface area contributed by atoms with Gasteiger partial charge in [0, 0.05) is 23.0 Å². The number of rotatable bonds is 10. The summed E-state index contributed by atoms with van der Waals surface area (Å²) < 4.78 is 16.3. The monoisotopic (exact) mass is 439 g/mol. The SMILES string of the molecule is CCCNC(=O)COc1c(C(=O)Cc2c(Cl)cccc2Cl)ccc(OC)c1OC. The molecule has 8 heteroatoms. The van der Waals surface area contributed by atoms with Crippen LogP contribution in [0.25, 0.3) is 0 Å². The number of carbonyl (C=O) groups excluding carboxylic acids is 2. The van der Waals surface area contributed by atoms with E-state index in [4.69, 9.17) is 37.4 Å². The van der Waals surface area contributed by atoms with Crippen LogP contribution in [-0.2, 0) is 11.2 Å². The van der Waals surface area contributed by atoms with E-state index in [1.165, 1.54) is 14.2 Å². The Kier molecular flexibility index (Phi) is 8.61. The Morgan fingerprint density at radius 1 is 1.00 bits per heavy atom. The maximum Gasteiger partial charge on any atom is 0.257 e.